The third-order valence-corrected chi connectivity index (χ3v) is 9.70. The van der Waals surface area contributed by atoms with Crippen molar-refractivity contribution in [2.45, 2.75) is 193 Å². The fraction of sp³-hybridized carbons (Fsp3) is 0.971. The Hall–Kier alpha value is -0.570. The summed E-state index contributed by atoms with van der Waals surface area (Å²) < 4.78 is 0. The second kappa shape index (κ2) is 22.2. The van der Waals surface area contributed by atoms with E-state index in [1.54, 1.807) is 0 Å². The Balaban J connectivity index is 1.54. The van der Waals surface area contributed by atoms with Gasteiger partial charge in [0.25, 0.3) is 0 Å². The van der Waals surface area contributed by atoms with Gasteiger partial charge in [-0.25, -0.2) is 0 Å². The van der Waals surface area contributed by atoms with Gasteiger partial charge < -0.3 is 5.32 Å². The van der Waals surface area contributed by atoms with Crippen molar-refractivity contribution in [2.24, 2.45) is 11.8 Å². The second-order valence-electron chi connectivity index (χ2n) is 13.1. The van der Waals surface area contributed by atoms with E-state index in [9.17, 15) is 4.79 Å². The number of hydrogen-bond acceptors (Lipinski definition) is 2. The van der Waals surface area contributed by atoms with Crippen molar-refractivity contribution in [3.05, 3.63) is 0 Å². The standard InChI is InChI=1S/C35H68N2O/c1-4-7-9-11-13-17-21-26-33(36-35(38)34-28-23-29-37(34)6-3)27-22-18-14-16-20-25-32-30-31(32)24-19-15-12-10-8-5-2/h31-34H,4-30H2,1-3H3,(H,36,38)/t31-,32+,33+,34+/m0/s1. The van der Waals surface area contributed by atoms with Crippen LogP contribution in [-0.2, 0) is 4.79 Å². The minimum absolute atomic E-state index is 0.129. The Morgan fingerprint density at radius 1 is 0.684 bits per heavy atom. The lowest BCUT2D eigenvalue weighted by Crippen LogP contribution is -2.46. The third kappa shape index (κ3) is 15.3. The van der Waals surface area contributed by atoms with Crippen LogP contribution in [0.15, 0.2) is 0 Å². The molecular weight excluding hydrogens is 464 g/mol. The van der Waals surface area contributed by atoms with Crippen LogP contribution in [0.2, 0.25) is 0 Å². The molecule has 2 fully saturated rings. The minimum atomic E-state index is 0.129. The Labute approximate surface area is 239 Å². The van der Waals surface area contributed by atoms with Gasteiger partial charge >= 0.3 is 0 Å². The lowest BCUT2D eigenvalue weighted by atomic mass is 9.99. The molecule has 0 unspecified atom stereocenters. The summed E-state index contributed by atoms with van der Waals surface area (Å²) in [5.74, 6) is 2.48. The number of carbonyl (C=O) groups excluding carboxylic acids is 1. The van der Waals surface area contributed by atoms with Crippen LogP contribution in [-0.4, -0.2) is 36.0 Å². The molecule has 1 aliphatic heterocycles. The Morgan fingerprint density at radius 2 is 1.16 bits per heavy atom. The number of likely N-dealkylation sites (tertiary alicyclic amines) is 1. The van der Waals surface area contributed by atoms with Gasteiger partial charge in [0.1, 0.15) is 0 Å². The fourth-order valence-electron chi connectivity index (χ4n) is 6.97. The number of carbonyl (C=O) groups is 1. The monoisotopic (exact) mass is 533 g/mol. The van der Waals surface area contributed by atoms with Crippen molar-refractivity contribution in [2.75, 3.05) is 13.1 Å². The maximum absolute atomic E-state index is 13.1. The predicted molar refractivity (Wildman–Crippen MR) is 167 cm³/mol. The first-order valence-corrected chi connectivity index (χ1v) is 17.7. The summed E-state index contributed by atoms with van der Waals surface area (Å²) in [7, 11) is 0. The highest BCUT2D eigenvalue weighted by Crippen LogP contribution is 2.45. The topological polar surface area (TPSA) is 32.3 Å². The van der Waals surface area contributed by atoms with E-state index in [-0.39, 0.29) is 6.04 Å². The minimum Gasteiger partial charge on any atom is -0.352 e. The summed E-state index contributed by atoms with van der Waals surface area (Å²) in [6.45, 7) is 8.89. The first-order valence-electron chi connectivity index (χ1n) is 17.7. The predicted octanol–water partition coefficient (Wildman–Crippen LogP) is 10.2. The Kier molecular flexibility index (Phi) is 19.6. The van der Waals surface area contributed by atoms with Crippen LogP contribution < -0.4 is 5.32 Å². The van der Waals surface area contributed by atoms with E-state index < -0.39 is 0 Å². The first-order chi connectivity index (χ1) is 18.7. The smallest absolute Gasteiger partial charge is 0.237 e. The normalized spacial score (nSPS) is 22.1. The van der Waals surface area contributed by atoms with Crippen molar-refractivity contribution >= 4 is 5.91 Å². The van der Waals surface area contributed by atoms with E-state index in [4.69, 9.17) is 0 Å². The van der Waals surface area contributed by atoms with Gasteiger partial charge in [-0.15, -0.1) is 0 Å². The average molecular weight is 533 g/mol. The highest BCUT2D eigenvalue weighted by Gasteiger charge is 2.35. The molecule has 0 aromatic heterocycles. The molecule has 0 aromatic carbocycles. The molecule has 0 radical (unpaired) electrons. The summed E-state index contributed by atoms with van der Waals surface area (Å²) in [5.41, 5.74) is 0. The van der Waals surface area contributed by atoms with Gasteiger partial charge in [0.2, 0.25) is 5.91 Å². The molecule has 2 aliphatic rings. The van der Waals surface area contributed by atoms with Crippen molar-refractivity contribution in [1.82, 2.24) is 10.2 Å². The molecule has 0 spiro atoms. The number of nitrogens with one attached hydrogen (secondary N) is 1. The molecule has 38 heavy (non-hydrogen) atoms. The summed E-state index contributed by atoms with van der Waals surface area (Å²) in [6.07, 6.45) is 34.2. The first kappa shape index (κ1) is 33.6. The number of hydrogen-bond donors (Lipinski definition) is 1. The summed E-state index contributed by atoms with van der Waals surface area (Å²) in [6, 6.07) is 0.524. The van der Waals surface area contributed by atoms with Crippen LogP contribution >= 0.6 is 0 Å². The molecule has 0 aromatic rings. The van der Waals surface area contributed by atoms with E-state index in [1.165, 1.54) is 154 Å². The molecule has 1 saturated carbocycles. The van der Waals surface area contributed by atoms with Gasteiger partial charge in [-0.3, -0.25) is 9.69 Å². The molecule has 1 saturated heterocycles. The summed E-state index contributed by atoms with van der Waals surface area (Å²) in [4.78, 5) is 15.4. The van der Waals surface area contributed by atoms with Crippen LogP contribution in [0.4, 0.5) is 0 Å². The lowest BCUT2D eigenvalue weighted by Gasteiger charge is -2.26. The SMILES string of the molecule is CCCCCCCCC[C@H](CCCCCCC[C@@H]1C[C@@H]1CCCCCCCC)NC(=O)[C@H]1CCCN1CC. The van der Waals surface area contributed by atoms with E-state index in [1.807, 2.05) is 0 Å². The van der Waals surface area contributed by atoms with Crippen LogP contribution in [0.1, 0.15) is 181 Å². The molecule has 0 bridgehead atoms. The zero-order valence-corrected chi connectivity index (χ0v) is 26.3. The molecule has 4 atom stereocenters. The average Bonchev–Trinajstić information content (AvgIpc) is 3.48. The second-order valence-corrected chi connectivity index (χ2v) is 13.1. The van der Waals surface area contributed by atoms with E-state index in [2.05, 4.69) is 31.0 Å². The van der Waals surface area contributed by atoms with Crippen molar-refractivity contribution in [3.8, 4) is 0 Å². The highest BCUT2D eigenvalue weighted by molar-refractivity contribution is 5.82. The van der Waals surface area contributed by atoms with Crippen molar-refractivity contribution in [3.63, 3.8) is 0 Å². The quantitative estimate of drug-likeness (QED) is 0.112. The maximum atomic E-state index is 13.1. The van der Waals surface area contributed by atoms with Gasteiger partial charge in [-0.1, -0.05) is 149 Å². The van der Waals surface area contributed by atoms with Crippen molar-refractivity contribution in [1.29, 1.82) is 0 Å². The fourth-order valence-corrected chi connectivity index (χ4v) is 6.97. The Bertz CT molecular complexity index is 564. The van der Waals surface area contributed by atoms with Gasteiger partial charge in [-0.2, -0.15) is 0 Å². The summed E-state index contributed by atoms with van der Waals surface area (Å²) in [5, 5.41) is 3.51. The van der Waals surface area contributed by atoms with Gasteiger partial charge in [-0.05, 0) is 57.0 Å². The zero-order valence-electron chi connectivity index (χ0n) is 26.3. The van der Waals surface area contributed by atoms with Gasteiger partial charge in [0, 0.05) is 6.04 Å². The number of rotatable bonds is 26. The van der Waals surface area contributed by atoms with Gasteiger partial charge in [0.15, 0.2) is 0 Å². The molecule has 1 amide bonds. The maximum Gasteiger partial charge on any atom is 0.237 e. The van der Waals surface area contributed by atoms with Gasteiger partial charge in [0.05, 0.1) is 6.04 Å². The molecule has 1 N–H and O–H groups in total. The molecule has 224 valence electrons. The molecule has 1 aliphatic carbocycles. The largest absolute Gasteiger partial charge is 0.352 e. The molecular formula is C35H68N2O. The lowest BCUT2D eigenvalue weighted by molar-refractivity contribution is -0.126. The summed E-state index contributed by atoms with van der Waals surface area (Å²) >= 11 is 0. The molecule has 3 nitrogen and oxygen atoms in total. The van der Waals surface area contributed by atoms with Crippen LogP contribution in [0.3, 0.4) is 0 Å². The molecule has 3 heteroatoms. The molecule has 2 rings (SSSR count). The zero-order chi connectivity index (χ0) is 27.3. The van der Waals surface area contributed by atoms with E-state index >= 15 is 0 Å². The highest BCUT2D eigenvalue weighted by atomic mass is 16.2. The van der Waals surface area contributed by atoms with Crippen molar-refractivity contribution < 1.29 is 4.79 Å². The number of nitrogens with zero attached hydrogens (tertiary/aromatic N) is 1. The third-order valence-electron chi connectivity index (χ3n) is 9.70. The van der Waals surface area contributed by atoms with Crippen LogP contribution in [0.5, 0.6) is 0 Å². The molecule has 1 heterocycles. The number of likely N-dealkylation sites (N-methyl/N-ethyl adjacent to an activating group) is 1. The van der Waals surface area contributed by atoms with Crippen LogP contribution in [0.25, 0.3) is 0 Å². The van der Waals surface area contributed by atoms with E-state index in [0.29, 0.717) is 11.9 Å². The van der Waals surface area contributed by atoms with Crippen LogP contribution in [0, 0.1) is 11.8 Å². The number of amides is 1. The van der Waals surface area contributed by atoms with E-state index in [0.717, 1.165) is 31.3 Å². The Morgan fingerprint density at radius 3 is 1.66 bits per heavy atom. The number of unbranched alkanes of at least 4 members (excludes halogenated alkanes) is 15.